The van der Waals surface area contributed by atoms with Gasteiger partial charge in [-0.25, -0.2) is 4.98 Å². The van der Waals surface area contributed by atoms with E-state index in [0.29, 0.717) is 12.3 Å². The zero-order valence-corrected chi connectivity index (χ0v) is 10.1. The van der Waals surface area contributed by atoms with E-state index >= 15 is 0 Å². The maximum absolute atomic E-state index is 8.59. The van der Waals surface area contributed by atoms with E-state index in [-0.39, 0.29) is 0 Å². The van der Waals surface area contributed by atoms with Crippen LogP contribution >= 0.6 is 0 Å². The highest BCUT2D eigenvalue weighted by Crippen LogP contribution is 2.21. The van der Waals surface area contributed by atoms with Crippen LogP contribution in [0.5, 0.6) is 0 Å². The molecule has 2 aromatic rings. The van der Waals surface area contributed by atoms with Crippen LogP contribution < -0.4 is 0 Å². The summed E-state index contributed by atoms with van der Waals surface area (Å²) in [6.45, 7) is 4.35. The molecule has 1 aromatic heterocycles. The van der Waals surface area contributed by atoms with Crippen molar-refractivity contribution >= 4 is 0 Å². The van der Waals surface area contributed by atoms with Gasteiger partial charge >= 0.3 is 0 Å². The molecule has 1 heterocycles. The average molecular weight is 225 g/mol. The van der Waals surface area contributed by atoms with Gasteiger partial charge in [0.15, 0.2) is 0 Å². The predicted molar refractivity (Wildman–Crippen MR) is 67.4 cm³/mol. The standard InChI is InChI=1S/C14H15N3/c1-10(2)11-3-5-12(6-4-11)13-9-16-14(17-13)7-8-15/h3-6,9-10H,7H2,1-2H3,(H,16,17). The van der Waals surface area contributed by atoms with E-state index in [0.717, 1.165) is 17.1 Å². The summed E-state index contributed by atoms with van der Waals surface area (Å²) >= 11 is 0. The molecule has 0 amide bonds. The van der Waals surface area contributed by atoms with Gasteiger partial charge in [-0.2, -0.15) is 5.26 Å². The van der Waals surface area contributed by atoms with E-state index < -0.39 is 0 Å². The highest BCUT2D eigenvalue weighted by atomic mass is 14.9. The number of aromatic nitrogens is 2. The Morgan fingerprint density at radius 3 is 2.59 bits per heavy atom. The highest BCUT2D eigenvalue weighted by Gasteiger charge is 2.04. The van der Waals surface area contributed by atoms with Gasteiger partial charge in [-0.1, -0.05) is 38.1 Å². The maximum Gasteiger partial charge on any atom is 0.120 e. The minimum absolute atomic E-state index is 0.323. The summed E-state index contributed by atoms with van der Waals surface area (Å²) in [5.41, 5.74) is 3.39. The molecule has 0 fully saturated rings. The molecule has 17 heavy (non-hydrogen) atoms. The molecule has 3 nitrogen and oxygen atoms in total. The Morgan fingerprint density at radius 1 is 1.29 bits per heavy atom. The molecule has 0 atom stereocenters. The first kappa shape index (κ1) is 11.4. The number of rotatable bonds is 3. The lowest BCUT2D eigenvalue weighted by Crippen LogP contribution is -1.87. The first-order valence-corrected chi connectivity index (χ1v) is 5.72. The van der Waals surface area contributed by atoms with Crippen molar-refractivity contribution in [3.63, 3.8) is 0 Å². The smallest absolute Gasteiger partial charge is 0.120 e. The Balaban J connectivity index is 2.24. The van der Waals surface area contributed by atoms with E-state index in [4.69, 9.17) is 5.26 Å². The van der Waals surface area contributed by atoms with Crippen LogP contribution in [0.4, 0.5) is 0 Å². The number of nitrogens with zero attached hydrogens (tertiary/aromatic N) is 2. The first-order valence-electron chi connectivity index (χ1n) is 5.72. The summed E-state index contributed by atoms with van der Waals surface area (Å²) in [4.78, 5) is 7.31. The highest BCUT2D eigenvalue weighted by molar-refractivity contribution is 5.59. The Morgan fingerprint density at radius 2 is 2.00 bits per heavy atom. The molecular weight excluding hydrogens is 210 g/mol. The van der Waals surface area contributed by atoms with Crippen molar-refractivity contribution in [2.24, 2.45) is 0 Å². The van der Waals surface area contributed by atoms with Crippen molar-refractivity contribution in [3.05, 3.63) is 41.9 Å². The molecule has 2 rings (SSSR count). The molecular formula is C14H15N3. The number of nitrogens with one attached hydrogen (secondary N) is 1. The third-order valence-corrected chi connectivity index (χ3v) is 2.76. The van der Waals surface area contributed by atoms with E-state index in [9.17, 15) is 0 Å². The summed E-state index contributed by atoms with van der Waals surface area (Å²) < 4.78 is 0. The Kier molecular flexibility index (Phi) is 3.24. The summed E-state index contributed by atoms with van der Waals surface area (Å²) in [6, 6.07) is 10.5. The van der Waals surface area contributed by atoms with Crippen LogP contribution in [0.3, 0.4) is 0 Å². The van der Waals surface area contributed by atoms with Crippen LogP contribution in [0, 0.1) is 11.3 Å². The van der Waals surface area contributed by atoms with Crippen molar-refractivity contribution in [1.29, 1.82) is 5.26 Å². The van der Waals surface area contributed by atoms with Crippen LogP contribution in [0.15, 0.2) is 30.5 Å². The molecule has 1 aromatic carbocycles. The van der Waals surface area contributed by atoms with Gasteiger partial charge in [-0.15, -0.1) is 0 Å². The molecule has 86 valence electrons. The second-order valence-corrected chi connectivity index (χ2v) is 4.36. The van der Waals surface area contributed by atoms with Crippen LogP contribution in [-0.4, -0.2) is 9.97 Å². The van der Waals surface area contributed by atoms with Crippen molar-refractivity contribution in [2.75, 3.05) is 0 Å². The number of hydrogen-bond donors (Lipinski definition) is 1. The Hall–Kier alpha value is -2.08. The molecule has 0 aliphatic carbocycles. The first-order chi connectivity index (χ1) is 8.20. The second kappa shape index (κ2) is 4.84. The van der Waals surface area contributed by atoms with Crippen LogP contribution in [-0.2, 0) is 6.42 Å². The van der Waals surface area contributed by atoms with Crippen molar-refractivity contribution < 1.29 is 0 Å². The number of nitriles is 1. The van der Waals surface area contributed by atoms with Gasteiger partial charge in [-0.3, -0.25) is 0 Å². The third-order valence-electron chi connectivity index (χ3n) is 2.76. The Labute approximate surface area is 101 Å². The summed E-state index contributed by atoms with van der Waals surface area (Å²) in [5.74, 6) is 1.26. The van der Waals surface area contributed by atoms with Crippen molar-refractivity contribution in [1.82, 2.24) is 9.97 Å². The molecule has 0 bridgehead atoms. The van der Waals surface area contributed by atoms with E-state index in [1.165, 1.54) is 5.56 Å². The summed E-state index contributed by atoms with van der Waals surface area (Å²) in [6.07, 6.45) is 2.10. The monoisotopic (exact) mass is 225 g/mol. The van der Waals surface area contributed by atoms with Gasteiger partial charge in [0.1, 0.15) is 5.82 Å². The quantitative estimate of drug-likeness (QED) is 0.871. The third kappa shape index (κ3) is 2.54. The summed E-state index contributed by atoms with van der Waals surface area (Å²) in [5, 5.41) is 8.59. The molecule has 0 radical (unpaired) electrons. The number of aromatic amines is 1. The lowest BCUT2D eigenvalue weighted by atomic mass is 10.0. The number of benzene rings is 1. The van der Waals surface area contributed by atoms with Crippen LogP contribution in [0.2, 0.25) is 0 Å². The van der Waals surface area contributed by atoms with Gasteiger partial charge in [0.05, 0.1) is 24.4 Å². The van der Waals surface area contributed by atoms with Crippen LogP contribution in [0.1, 0.15) is 31.2 Å². The lowest BCUT2D eigenvalue weighted by molar-refractivity contribution is 0.867. The van der Waals surface area contributed by atoms with E-state index in [1.807, 2.05) is 0 Å². The van der Waals surface area contributed by atoms with E-state index in [1.54, 1.807) is 6.20 Å². The van der Waals surface area contributed by atoms with Gasteiger partial charge in [0.25, 0.3) is 0 Å². The lowest BCUT2D eigenvalue weighted by Gasteiger charge is -2.05. The second-order valence-electron chi connectivity index (χ2n) is 4.36. The van der Waals surface area contributed by atoms with E-state index in [2.05, 4.69) is 54.2 Å². The van der Waals surface area contributed by atoms with Crippen molar-refractivity contribution in [2.45, 2.75) is 26.2 Å². The molecule has 0 aliphatic rings. The number of hydrogen-bond acceptors (Lipinski definition) is 2. The largest absolute Gasteiger partial charge is 0.341 e. The molecule has 3 heteroatoms. The normalized spacial score (nSPS) is 10.5. The number of imidazole rings is 1. The molecule has 0 spiro atoms. The van der Waals surface area contributed by atoms with Gasteiger partial charge in [0.2, 0.25) is 0 Å². The minimum Gasteiger partial charge on any atom is -0.341 e. The molecule has 0 unspecified atom stereocenters. The maximum atomic E-state index is 8.59. The topological polar surface area (TPSA) is 52.5 Å². The fraction of sp³-hybridized carbons (Fsp3) is 0.286. The average Bonchev–Trinajstić information content (AvgIpc) is 2.78. The molecule has 1 N–H and O–H groups in total. The van der Waals surface area contributed by atoms with Crippen molar-refractivity contribution in [3.8, 4) is 17.3 Å². The molecule has 0 aliphatic heterocycles. The zero-order chi connectivity index (χ0) is 12.3. The van der Waals surface area contributed by atoms with Gasteiger partial charge in [0, 0.05) is 0 Å². The minimum atomic E-state index is 0.323. The van der Waals surface area contributed by atoms with Crippen LogP contribution in [0.25, 0.3) is 11.3 Å². The zero-order valence-electron chi connectivity index (χ0n) is 10.1. The molecule has 0 saturated heterocycles. The fourth-order valence-corrected chi connectivity index (χ4v) is 1.72. The Bertz CT molecular complexity index is 529. The SMILES string of the molecule is CC(C)c1ccc(-c2cnc(CC#N)[nH]2)cc1. The fourth-order valence-electron chi connectivity index (χ4n) is 1.72. The number of H-pyrrole nitrogens is 1. The molecule has 0 saturated carbocycles. The summed E-state index contributed by atoms with van der Waals surface area (Å²) in [7, 11) is 0. The van der Waals surface area contributed by atoms with Gasteiger partial charge < -0.3 is 4.98 Å². The van der Waals surface area contributed by atoms with Gasteiger partial charge in [-0.05, 0) is 17.0 Å². The predicted octanol–water partition coefficient (Wildman–Crippen LogP) is 3.27.